The normalized spacial score (nSPS) is 11.6. The lowest BCUT2D eigenvalue weighted by atomic mass is 10.1. The van der Waals surface area contributed by atoms with Crippen LogP contribution in [-0.2, 0) is 14.3 Å². The fourth-order valence-corrected chi connectivity index (χ4v) is 1.49. The molecule has 0 aliphatic rings. The molecule has 0 radical (unpaired) electrons. The van der Waals surface area contributed by atoms with Crippen molar-refractivity contribution < 1.29 is 23.8 Å². The van der Waals surface area contributed by atoms with Gasteiger partial charge in [-0.2, -0.15) is 0 Å². The van der Waals surface area contributed by atoms with E-state index in [0.29, 0.717) is 11.5 Å². The second-order valence-electron chi connectivity index (χ2n) is 3.76. The van der Waals surface area contributed by atoms with E-state index < -0.39 is 5.97 Å². The highest BCUT2D eigenvalue weighted by Crippen LogP contribution is 2.31. The van der Waals surface area contributed by atoms with Crippen molar-refractivity contribution in [2.75, 3.05) is 7.11 Å². The first-order chi connectivity index (χ1) is 8.43. The summed E-state index contributed by atoms with van der Waals surface area (Å²) in [7, 11) is 1.47. The van der Waals surface area contributed by atoms with E-state index in [9.17, 15) is 9.59 Å². The van der Waals surface area contributed by atoms with Crippen LogP contribution in [0.3, 0.4) is 0 Å². The van der Waals surface area contributed by atoms with Gasteiger partial charge in [-0.3, -0.25) is 9.59 Å². The lowest BCUT2D eigenvalue weighted by Crippen LogP contribution is -2.06. The predicted molar refractivity (Wildman–Crippen MR) is 64.5 cm³/mol. The van der Waals surface area contributed by atoms with Crippen LogP contribution in [0.4, 0.5) is 0 Å². The van der Waals surface area contributed by atoms with Crippen LogP contribution in [0, 0.1) is 0 Å². The molecule has 0 spiro atoms. The van der Waals surface area contributed by atoms with Gasteiger partial charge in [-0.15, -0.1) is 0 Å². The molecule has 1 atom stereocenters. The average Bonchev–Trinajstić information content (AvgIpc) is 2.27. The van der Waals surface area contributed by atoms with E-state index in [2.05, 4.69) is 0 Å². The Morgan fingerprint density at radius 3 is 2.28 bits per heavy atom. The maximum absolute atomic E-state index is 10.9. The molecule has 0 saturated carbocycles. The van der Waals surface area contributed by atoms with Crippen molar-refractivity contribution in [2.45, 2.75) is 26.9 Å². The Labute approximate surface area is 106 Å². The van der Waals surface area contributed by atoms with Crippen LogP contribution in [0.5, 0.6) is 11.5 Å². The molecule has 0 aliphatic carbocycles. The van der Waals surface area contributed by atoms with E-state index in [1.807, 2.05) is 0 Å². The van der Waals surface area contributed by atoms with Crippen LogP contribution in [0.15, 0.2) is 18.2 Å². The van der Waals surface area contributed by atoms with Gasteiger partial charge in [-0.05, 0) is 24.6 Å². The monoisotopic (exact) mass is 252 g/mol. The summed E-state index contributed by atoms with van der Waals surface area (Å²) >= 11 is 0. The number of hydrogen-bond acceptors (Lipinski definition) is 5. The Kier molecular flexibility index (Phi) is 4.71. The quantitative estimate of drug-likeness (QED) is 0.607. The van der Waals surface area contributed by atoms with Gasteiger partial charge in [0.15, 0.2) is 11.5 Å². The molecule has 0 aromatic heterocycles. The van der Waals surface area contributed by atoms with E-state index in [-0.39, 0.29) is 12.1 Å². The molecule has 0 saturated heterocycles. The first-order valence-electron chi connectivity index (χ1n) is 5.47. The van der Waals surface area contributed by atoms with Crippen LogP contribution in [0.2, 0.25) is 0 Å². The summed E-state index contributed by atoms with van der Waals surface area (Å²) in [6, 6.07) is 5.00. The summed E-state index contributed by atoms with van der Waals surface area (Å²) in [4.78, 5) is 21.8. The zero-order valence-electron chi connectivity index (χ0n) is 10.9. The molecule has 98 valence electrons. The second kappa shape index (κ2) is 6.05. The van der Waals surface area contributed by atoms with Crippen molar-refractivity contribution in [3.05, 3.63) is 23.8 Å². The van der Waals surface area contributed by atoms with Gasteiger partial charge in [0.1, 0.15) is 6.10 Å². The van der Waals surface area contributed by atoms with E-state index >= 15 is 0 Å². The third-order valence-electron chi connectivity index (χ3n) is 2.25. The summed E-state index contributed by atoms with van der Waals surface area (Å²) in [5.41, 5.74) is 0.762. The fourth-order valence-electron chi connectivity index (χ4n) is 1.49. The highest BCUT2D eigenvalue weighted by atomic mass is 16.6. The Morgan fingerprint density at radius 1 is 1.11 bits per heavy atom. The number of carbonyl (C=O) groups excluding carboxylic acids is 2. The van der Waals surface area contributed by atoms with Gasteiger partial charge in [-0.25, -0.2) is 0 Å². The summed E-state index contributed by atoms with van der Waals surface area (Å²) in [5.74, 6) is -0.0231. The van der Waals surface area contributed by atoms with Crippen LogP contribution in [0.1, 0.15) is 32.4 Å². The largest absolute Gasteiger partial charge is 0.493 e. The number of rotatable bonds is 4. The van der Waals surface area contributed by atoms with Gasteiger partial charge in [-0.1, -0.05) is 6.07 Å². The third-order valence-corrected chi connectivity index (χ3v) is 2.25. The van der Waals surface area contributed by atoms with Crippen LogP contribution < -0.4 is 9.47 Å². The predicted octanol–water partition coefficient (Wildman–Crippen LogP) is 2.24. The Balaban J connectivity index is 2.97. The number of benzene rings is 1. The third kappa shape index (κ3) is 3.76. The molecule has 0 amide bonds. The Bertz CT molecular complexity index is 453. The number of hydrogen-bond donors (Lipinski definition) is 0. The standard InChI is InChI=1S/C13H16O5/c1-8(17-9(2)14)11-5-6-12(18-10(3)15)13(7-11)16-4/h5-8H,1-4H3/t8-/m0/s1. The van der Waals surface area contributed by atoms with Gasteiger partial charge >= 0.3 is 11.9 Å². The Morgan fingerprint density at radius 2 is 1.78 bits per heavy atom. The maximum atomic E-state index is 10.9. The van der Waals surface area contributed by atoms with E-state index in [4.69, 9.17) is 14.2 Å². The highest BCUT2D eigenvalue weighted by molar-refractivity contribution is 5.70. The molecule has 1 aromatic carbocycles. The number of carbonyl (C=O) groups is 2. The topological polar surface area (TPSA) is 61.8 Å². The van der Waals surface area contributed by atoms with Crippen molar-refractivity contribution in [3.63, 3.8) is 0 Å². The van der Waals surface area contributed by atoms with Crippen LogP contribution in [-0.4, -0.2) is 19.0 Å². The first kappa shape index (κ1) is 14.0. The van der Waals surface area contributed by atoms with Gasteiger partial charge < -0.3 is 14.2 Å². The second-order valence-corrected chi connectivity index (χ2v) is 3.76. The van der Waals surface area contributed by atoms with E-state index in [1.165, 1.54) is 21.0 Å². The number of esters is 2. The van der Waals surface area contributed by atoms with Gasteiger partial charge in [0, 0.05) is 13.8 Å². The van der Waals surface area contributed by atoms with Crippen molar-refractivity contribution >= 4 is 11.9 Å². The van der Waals surface area contributed by atoms with Crippen LogP contribution in [0.25, 0.3) is 0 Å². The zero-order valence-corrected chi connectivity index (χ0v) is 10.9. The van der Waals surface area contributed by atoms with Crippen molar-refractivity contribution in [1.82, 2.24) is 0 Å². The molecule has 0 heterocycles. The summed E-state index contributed by atoms with van der Waals surface area (Å²) in [6.45, 7) is 4.41. The fraction of sp³-hybridized carbons (Fsp3) is 0.385. The molecule has 1 aromatic rings. The zero-order chi connectivity index (χ0) is 13.7. The molecule has 0 fully saturated rings. The summed E-state index contributed by atoms with van der Waals surface area (Å²) in [5, 5.41) is 0. The first-order valence-corrected chi connectivity index (χ1v) is 5.47. The lowest BCUT2D eigenvalue weighted by Gasteiger charge is -2.14. The van der Waals surface area contributed by atoms with Crippen molar-refractivity contribution in [1.29, 1.82) is 0 Å². The number of methoxy groups -OCH3 is 1. The minimum Gasteiger partial charge on any atom is -0.493 e. The lowest BCUT2D eigenvalue weighted by molar-refractivity contribution is -0.145. The van der Waals surface area contributed by atoms with E-state index in [1.54, 1.807) is 25.1 Å². The van der Waals surface area contributed by atoms with Gasteiger partial charge in [0.25, 0.3) is 0 Å². The molecule has 0 bridgehead atoms. The maximum Gasteiger partial charge on any atom is 0.308 e. The smallest absolute Gasteiger partial charge is 0.308 e. The van der Waals surface area contributed by atoms with Crippen molar-refractivity contribution in [3.8, 4) is 11.5 Å². The molecule has 0 unspecified atom stereocenters. The molecule has 0 aliphatic heterocycles. The van der Waals surface area contributed by atoms with Crippen molar-refractivity contribution in [2.24, 2.45) is 0 Å². The van der Waals surface area contributed by atoms with Crippen LogP contribution >= 0.6 is 0 Å². The SMILES string of the molecule is COc1cc([C@H](C)OC(C)=O)ccc1OC(C)=O. The Hall–Kier alpha value is -2.04. The van der Waals surface area contributed by atoms with E-state index in [0.717, 1.165) is 5.56 Å². The minimum absolute atomic E-state index is 0.337. The molecule has 5 heteroatoms. The van der Waals surface area contributed by atoms with Gasteiger partial charge in [0.2, 0.25) is 0 Å². The summed E-state index contributed by atoms with van der Waals surface area (Å²) in [6.07, 6.45) is -0.386. The average molecular weight is 252 g/mol. The highest BCUT2D eigenvalue weighted by Gasteiger charge is 2.13. The molecule has 0 N–H and O–H groups in total. The molecule has 18 heavy (non-hydrogen) atoms. The molecule has 5 nitrogen and oxygen atoms in total. The molecular weight excluding hydrogens is 236 g/mol. The summed E-state index contributed by atoms with van der Waals surface area (Å²) < 4.78 is 15.2. The molecular formula is C13H16O5. The number of ether oxygens (including phenoxy) is 3. The minimum atomic E-state index is -0.422. The molecule has 1 rings (SSSR count). The van der Waals surface area contributed by atoms with Gasteiger partial charge in [0.05, 0.1) is 7.11 Å².